The molecule has 0 N–H and O–H groups in total. The van der Waals surface area contributed by atoms with Gasteiger partial charge in [0.2, 0.25) is 5.95 Å². The molecule has 0 atom stereocenters. The van der Waals surface area contributed by atoms with E-state index in [9.17, 15) is 25.6 Å². The van der Waals surface area contributed by atoms with Crippen LogP contribution in [-0.2, 0) is 20.0 Å². The lowest BCUT2D eigenvalue weighted by Crippen LogP contribution is -2.56. The van der Waals surface area contributed by atoms with Crippen molar-refractivity contribution in [2.75, 3.05) is 29.4 Å². The summed E-state index contributed by atoms with van der Waals surface area (Å²) in [4.78, 5) is 10.7. The van der Waals surface area contributed by atoms with E-state index >= 15 is 0 Å². The third-order valence-electron chi connectivity index (χ3n) is 7.09. The molecule has 218 valence electrons. The van der Waals surface area contributed by atoms with E-state index in [1.165, 1.54) is 0 Å². The Bertz CT molecular complexity index is 2070. The standard InChI is InChI=1S/C24H23Cl2F2N7O4S2/c1-23(2,26)41(38,39)33-6-3-17(13-33)40(36,37)35-19-10-15(27)9-18(25)20(19)21(31-35)34-8-7-32(14-24(34)4-5-24)22-29-11-16(28)12-30-22/h3,6,9-13H,4-5,7-8,14H2,1-2H3/i3D,6D,13D. The molecule has 0 unspecified atom stereocenters. The maximum Gasteiger partial charge on any atom is 0.285 e. The van der Waals surface area contributed by atoms with E-state index in [1.54, 1.807) is 0 Å². The number of nitrogens with zero attached hydrogens (tertiary/aromatic N) is 7. The highest BCUT2D eigenvalue weighted by Crippen LogP contribution is 2.49. The van der Waals surface area contributed by atoms with Crippen LogP contribution < -0.4 is 9.80 Å². The summed E-state index contributed by atoms with van der Waals surface area (Å²) in [5.41, 5.74) is -0.883. The van der Waals surface area contributed by atoms with Crippen molar-refractivity contribution in [3.05, 3.63) is 59.6 Å². The Morgan fingerprint density at radius 1 is 1.07 bits per heavy atom. The van der Waals surface area contributed by atoms with Crippen LogP contribution in [0.2, 0.25) is 5.02 Å². The van der Waals surface area contributed by atoms with E-state index in [2.05, 4.69) is 15.1 Å². The van der Waals surface area contributed by atoms with Gasteiger partial charge in [-0.05, 0) is 38.8 Å². The van der Waals surface area contributed by atoms with Gasteiger partial charge in [0.05, 0.1) is 38.0 Å². The number of hydrogen-bond acceptors (Lipinski definition) is 9. The molecule has 1 aromatic carbocycles. The van der Waals surface area contributed by atoms with Crippen molar-refractivity contribution in [2.45, 2.75) is 41.3 Å². The predicted molar refractivity (Wildman–Crippen MR) is 149 cm³/mol. The summed E-state index contributed by atoms with van der Waals surface area (Å²) in [6, 6.07) is 0.786. The lowest BCUT2D eigenvalue weighted by Gasteiger charge is -2.42. The van der Waals surface area contributed by atoms with Crippen LogP contribution in [0.15, 0.2) is 47.8 Å². The van der Waals surface area contributed by atoms with Gasteiger partial charge in [0.25, 0.3) is 20.0 Å². The van der Waals surface area contributed by atoms with Crippen LogP contribution in [0.1, 0.15) is 30.8 Å². The summed E-state index contributed by atoms with van der Waals surface area (Å²) < 4.78 is 106. The number of anilines is 2. The molecule has 0 bridgehead atoms. The van der Waals surface area contributed by atoms with E-state index in [0.717, 1.165) is 38.4 Å². The number of fused-ring (bicyclic) bond motifs is 1. The Morgan fingerprint density at radius 3 is 2.39 bits per heavy atom. The third kappa shape index (κ3) is 4.53. The molecular weight excluding hydrogens is 623 g/mol. The first kappa shape index (κ1) is 24.6. The molecule has 4 heterocycles. The van der Waals surface area contributed by atoms with Gasteiger partial charge < -0.3 is 9.80 Å². The van der Waals surface area contributed by atoms with Gasteiger partial charge in [-0.1, -0.05) is 11.6 Å². The molecule has 0 amide bonds. The maximum absolute atomic E-state index is 14.7. The quantitative estimate of drug-likeness (QED) is 0.287. The molecule has 1 aliphatic carbocycles. The maximum atomic E-state index is 14.7. The third-order valence-corrected chi connectivity index (χ3v) is 11.3. The van der Waals surface area contributed by atoms with E-state index < -0.39 is 64.7 Å². The van der Waals surface area contributed by atoms with Gasteiger partial charge in [0.15, 0.2) is 15.8 Å². The average Bonchev–Trinajstić information content (AvgIpc) is 3.48. The first-order valence-electron chi connectivity index (χ1n) is 13.7. The van der Waals surface area contributed by atoms with Gasteiger partial charge in [0, 0.05) is 38.0 Å². The Morgan fingerprint density at radius 2 is 1.76 bits per heavy atom. The second-order valence-electron chi connectivity index (χ2n) is 10.3. The van der Waals surface area contributed by atoms with Crippen LogP contribution in [0.5, 0.6) is 0 Å². The largest absolute Gasteiger partial charge is 0.345 e. The molecule has 41 heavy (non-hydrogen) atoms. The highest BCUT2D eigenvalue weighted by molar-refractivity contribution is 7.92. The van der Waals surface area contributed by atoms with Gasteiger partial charge in [0.1, 0.15) is 10.7 Å². The van der Waals surface area contributed by atoms with Crippen LogP contribution in [0.3, 0.4) is 0 Å². The SMILES string of the molecule is [2H]c1c(S(=O)(=O)n2nc(N3CCN(c4ncc(F)cn4)CC34CC4)c3c(Cl)cc(F)cc32)c([2H])n(S(=O)(=O)C(C)(C)Cl)c1[2H]. The van der Waals surface area contributed by atoms with E-state index in [-0.39, 0.29) is 32.3 Å². The molecule has 2 aliphatic rings. The van der Waals surface area contributed by atoms with Gasteiger partial charge in [-0.15, -0.1) is 16.7 Å². The van der Waals surface area contributed by atoms with Gasteiger partial charge in [-0.2, -0.15) is 12.5 Å². The summed E-state index contributed by atoms with van der Waals surface area (Å²) in [5, 5.41) is 4.25. The second kappa shape index (κ2) is 9.24. The lowest BCUT2D eigenvalue weighted by atomic mass is 10.1. The molecule has 11 nitrogen and oxygen atoms in total. The van der Waals surface area contributed by atoms with Crippen molar-refractivity contribution in [3.63, 3.8) is 0 Å². The molecule has 1 spiro atoms. The van der Waals surface area contributed by atoms with Crippen molar-refractivity contribution in [1.29, 1.82) is 0 Å². The molecule has 1 saturated carbocycles. The van der Waals surface area contributed by atoms with Crippen LogP contribution in [-0.4, -0.2) is 69.3 Å². The molecular formula is C24H23Cl2F2N7O4S2. The van der Waals surface area contributed by atoms with Gasteiger partial charge in [-0.25, -0.2) is 27.2 Å². The number of benzene rings is 1. The fourth-order valence-electron chi connectivity index (χ4n) is 4.81. The normalized spacial score (nSPS) is 18.5. The summed E-state index contributed by atoms with van der Waals surface area (Å²) in [6.07, 6.45) is 1.13. The minimum Gasteiger partial charge on any atom is -0.345 e. The van der Waals surface area contributed by atoms with Crippen molar-refractivity contribution in [2.24, 2.45) is 0 Å². The number of hydrogen-bond donors (Lipinski definition) is 0. The molecule has 0 radical (unpaired) electrons. The van der Waals surface area contributed by atoms with Crippen molar-refractivity contribution >= 4 is 65.9 Å². The molecule has 17 heteroatoms. The molecule has 4 aromatic rings. The minimum atomic E-state index is -5.10. The first-order valence-corrected chi connectivity index (χ1v) is 15.8. The van der Waals surface area contributed by atoms with Crippen molar-refractivity contribution in [1.82, 2.24) is 23.1 Å². The highest BCUT2D eigenvalue weighted by Gasteiger charge is 2.53. The van der Waals surface area contributed by atoms with E-state index in [4.69, 9.17) is 27.3 Å². The number of rotatable bonds is 6. The van der Waals surface area contributed by atoms with E-state index in [1.807, 2.05) is 9.80 Å². The number of aromatic nitrogens is 5. The lowest BCUT2D eigenvalue weighted by molar-refractivity contribution is 0.497. The summed E-state index contributed by atoms with van der Waals surface area (Å²) >= 11 is 12.5. The average molecular weight is 650 g/mol. The zero-order chi connectivity index (χ0) is 32.1. The fraction of sp³-hybridized carbons (Fsp3) is 0.375. The topological polar surface area (TPSA) is 123 Å². The first-order chi connectivity index (χ1) is 20.4. The van der Waals surface area contributed by atoms with Crippen LogP contribution in [0.25, 0.3) is 10.9 Å². The number of halogens is 4. The zero-order valence-corrected chi connectivity index (χ0v) is 24.6. The Balaban J connectivity index is 1.50. The predicted octanol–water partition coefficient (Wildman–Crippen LogP) is 3.81. The fourth-order valence-corrected chi connectivity index (χ4v) is 7.31. The van der Waals surface area contributed by atoms with E-state index in [0.29, 0.717) is 36.0 Å². The monoisotopic (exact) mass is 648 g/mol. The molecule has 1 saturated heterocycles. The van der Waals surface area contributed by atoms with Crippen LogP contribution in [0.4, 0.5) is 20.5 Å². The molecule has 1 aliphatic heterocycles. The molecule has 6 rings (SSSR count). The number of alkyl halides is 1. The summed E-state index contributed by atoms with van der Waals surface area (Å²) in [7, 11) is -9.82. The summed E-state index contributed by atoms with van der Waals surface area (Å²) in [6.45, 7) is 3.13. The Kier molecular flexibility index (Phi) is 5.54. The summed E-state index contributed by atoms with van der Waals surface area (Å²) in [5.74, 6) is -1.08. The smallest absolute Gasteiger partial charge is 0.285 e. The van der Waals surface area contributed by atoms with Gasteiger partial charge in [-0.3, -0.25) is 3.97 Å². The van der Waals surface area contributed by atoms with Gasteiger partial charge >= 0.3 is 0 Å². The second-order valence-corrected chi connectivity index (χ2v) is 15.9. The van der Waals surface area contributed by atoms with Crippen molar-refractivity contribution in [3.8, 4) is 0 Å². The Hall–Kier alpha value is -3.01. The highest BCUT2D eigenvalue weighted by atomic mass is 35.5. The van der Waals surface area contributed by atoms with Crippen molar-refractivity contribution < 1.29 is 29.7 Å². The Labute approximate surface area is 248 Å². The molecule has 2 fully saturated rings. The molecule has 3 aromatic heterocycles. The zero-order valence-electron chi connectivity index (χ0n) is 24.4. The number of piperazine rings is 1. The van der Waals surface area contributed by atoms with Crippen LogP contribution >= 0.6 is 23.2 Å². The van der Waals surface area contributed by atoms with Crippen LogP contribution in [0, 0.1) is 11.6 Å². The minimum absolute atomic E-state index is 0.0747.